The predicted molar refractivity (Wildman–Crippen MR) is 149 cm³/mol. The monoisotopic (exact) mass is 634 g/mol. The zero-order valence-corrected chi connectivity index (χ0v) is 23.9. The lowest BCUT2D eigenvalue weighted by Crippen LogP contribution is -2.60. The number of fused-ring (bicyclic) bond motifs is 4. The van der Waals surface area contributed by atoms with Crippen LogP contribution in [-0.4, -0.2) is 61.0 Å². The fourth-order valence-electron chi connectivity index (χ4n) is 6.99. The number of allylic oxidation sites excluding steroid dienone is 2. The molecule has 1 saturated carbocycles. The summed E-state index contributed by atoms with van der Waals surface area (Å²) >= 11 is 20.7. The van der Waals surface area contributed by atoms with Crippen molar-refractivity contribution in [3.63, 3.8) is 0 Å². The molecule has 0 radical (unpaired) electrons. The molecule has 2 aliphatic heterocycles. The van der Waals surface area contributed by atoms with Gasteiger partial charge in [0.05, 0.1) is 23.9 Å². The standard InChI is InChI=1S/C29H22Cl3FN2O7/c30-13-1-8-20(36)18(11-13)23-16-6-7-17-22(25(40)34(24(17)39)10-9-21(37)38)19(16)12-28(31)26(41)35(27(42)29(23,28)32)15-4-2-14(33)3-5-15/h1-6,8,11,17,19,22-23,36H,7,9-10,12H2,(H,37,38)/t17-,19+,22-,23+,28+,29-/m0/s1. The summed E-state index contributed by atoms with van der Waals surface area (Å²) in [5.74, 6) is -8.97. The van der Waals surface area contributed by atoms with Crippen LogP contribution < -0.4 is 4.90 Å². The van der Waals surface area contributed by atoms with E-state index < -0.39 is 75.3 Å². The number of amides is 4. The second-order valence-electron chi connectivity index (χ2n) is 10.9. The number of carbonyl (C=O) groups is 5. The van der Waals surface area contributed by atoms with Gasteiger partial charge in [0.1, 0.15) is 11.6 Å². The fraction of sp³-hybridized carbons (Fsp3) is 0.345. The Morgan fingerprint density at radius 2 is 1.69 bits per heavy atom. The van der Waals surface area contributed by atoms with E-state index in [0.717, 1.165) is 21.9 Å². The lowest BCUT2D eigenvalue weighted by atomic mass is 9.56. The molecule has 4 aliphatic rings. The van der Waals surface area contributed by atoms with Gasteiger partial charge in [0.25, 0.3) is 11.8 Å². The van der Waals surface area contributed by atoms with E-state index in [2.05, 4.69) is 0 Å². The number of phenols is 1. The molecule has 0 unspecified atom stereocenters. The van der Waals surface area contributed by atoms with Crippen molar-refractivity contribution >= 4 is 70.1 Å². The number of imide groups is 2. The van der Waals surface area contributed by atoms with Crippen molar-refractivity contribution in [2.24, 2.45) is 17.8 Å². The number of hydrogen-bond donors (Lipinski definition) is 2. The minimum absolute atomic E-state index is 0.0247. The van der Waals surface area contributed by atoms with Crippen molar-refractivity contribution in [3.8, 4) is 5.75 Å². The summed E-state index contributed by atoms with van der Waals surface area (Å²) in [6.45, 7) is -0.318. The smallest absolute Gasteiger partial charge is 0.305 e. The van der Waals surface area contributed by atoms with Crippen molar-refractivity contribution in [3.05, 3.63) is 70.5 Å². The van der Waals surface area contributed by atoms with Gasteiger partial charge in [0.2, 0.25) is 11.8 Å². The first-order valence-corrected chi connectivity index (χ1v) is 14.2. The van der Waals surface area contributed by atoms with E-state index in [1.807, 2.05) is 0 Å². The van der Waals surface area contributed by atoms with Gasteiger partial charge < -0.3 is 10.2 Å². The van der Waals surface area contributed by atoms with Crippen molar-refractivity contribution in [2.75, 3.05) is 11.4 Å². The van der Waals surface area contributed by atoms with Gasteiger partial charge in [-0.3, -0.25) is 28.9 Å². The largest absolute Gasteiger partial charge is 0.508 e. The maximum Gasteiger partial charge on any atom is 0.305 e. The normalized spacial score (nSPS) is 32.0. The Balaban J connectivity index is 1.53. The van der Waals surface area contributed by atoms with E-state index in [1.165, 1.54) is 30.3 Å². The summed E-state index contributed by atoms with van der Waals surface area (Å²) in [7, 11) is 0. The second-order valence-corrected chi connectivity index (χ2v) is 12.6. The second kappa shape index (κ2) is 9.79. The zero-order valence-electron chi connectivity index (χ0n) is 21.6. The lowest BCUT2D eigenvalue weighted by molar-refractivity contribution is -0.142. The average molecular weight is 636 g/mol. The van der Waals surface area contributed by atoms with E-state index in [-0.39, 0.29) is 41.4 Å². The van der Waals surface area contributed by atoms with Crippen molar-refractivity contribution in [2.45, 2.75) is 34.9 Å². The number of carboxylic acids is 1. The Morgan fingerprint density at radius 3 is 2.36 bits per heavy atom. The van der Waals surface area contributed by atoms with E-state index in [9.17, 15) is 33.5 Å². The van der Waals surface area contributed by atoms with Gasteiger partial charge >= 0.3 is 5.97 Å². The number of halogens is 4. The molecule has 6 rings (SSSR count). The average Bonchev–Trinajstić information content (AvgIpc) is 3.27. The first-order valence-electron chi connectivity index (χ1n) is 13.1. The third kappa shape index (κ3) is 3.84. The van der Waals surface area contributed by atoms with E-state index >= 15 is 0 Å². The van der Waals surface area contributed by atoms with Gasteiger partial charge in [-0.2, -0.15) is 0 Å². The van der Waals surface area contributed by atoms with Gasteiger partial charge in [0.15, 0.2) is 9.75 Å². The molecule has 6 atom stereocenters. The number of phenolic OH excluding ortho intramolecular Hbond substituents is 1. The van der Waals surface area contributed by atoms with Crippen LogP contribution in [0.4, 0.5) is 10.1 Å². The van der Waals surface area contributed by atoms with Crippen LogP contribution in [0.1, 0.15) is 30.7 Å². The van der Waals surface area contributed by atoms with E-state index in [0.29, 0.717) is 5.57 Å². The zero-order chi connectivity index (χ0) is 30.3. The molecular formula is C29H22Cl3FN2O7. The maximum absolute atomic E-state index is 14.2. The summed E-state index contributed by atoms with van der Waals surface area (Å²) in [6, 6.07) is 8.74. The molecule has 0 bridgehead atoms. The van der Waals surface area contributed by atoms with Gasteiger partial charge in [-0.25, -0.2) is 9.29 Å². The van der Waals surface area contributed by atoms with Crippen molar-refractivity contribution in [1.82, 2.24) is 4.90 Å². The van der Waals surface area contributed by atoms with Crippen LogP contribution in [0.5, 0.6) is 5.75 Å². The molecule has 2 N–H and O–H groups in total. The highest BCUT2D eigenvalue weighted by Crippen LogP contribution is 2.66. The quantitative estimate of drug-likeness (QED) is 0.286. The van der Waals surface area contributed by atoms with Crippen molar-refractivity contribution < 1.29 is 38.6 Å². The minimum Gasteiger partial charge on any atom is -0.508 e. The maximum atomic E-state index is 14.2. The first-order chi connectivity index (χ1) is 19.8. The molecule has 13 heteroatoms. The summed E-state index contributed by atoms with van der Waals surface area (Å²) in [5.41, 5.74) is 0.554. The summed E-state index contributed by atoms with van der Waals surface area (Å²) in [4.78, 5) is 63.7. The third-order valence-corrected chi connectivity index (χ3v) is 10.5. The highest BCUT2D eigenvalue weighted by atomic mass is 35.5. The number of carboxylic acid groups (broad SMARTS) is 1. The molecule has 42 heavy (non-hydrogen) atoms. The lowest BCUT2D eigenvalue weighted by Gasteiger charge is -2.50. The van der Waals surface area contributed by atoms with Gasteiger partial charge in [0, 0.05) is 23.0 Å². The number of anilines is 1. The fourth-order valence-corrected chi connectivity index (χ4v) is 8.10. The number of aromatic hydroxyl groups is 1. The number of nitrogens with zero attached hydrogens (tertiary/aromatic N) is 2. The number of benzene rings is 2. The third-order valence-electron chi connectivity index (χ3n) is 8.84. The van der Waals surface area contributed by atoms with Crippen LogP contribution >= 0.6 is 34.8 Å². The number of alkyl halides is 2. The molecule has 9 nitrogen and oxygen atoms in total. The number of hydrogen-bond acceptors (Lipinski definition) is 6. The van der Waals surface area contributed by atoms with E-state index in [1.54, 1.807) is 6.08 Å². The Morgan fingerprint density at radius 1 is 1.00 bits per heavy atom. The summed E-state index contributed by atoms with van der Waals surface area (Å²) in [6.07, 6.45) is 1.01. The number of carbonyl (C=O) groups excluding carboxylic acids is 4. The van der Waals surface area contributed by atoms with Crippen LogP contribution in [0, 0.1) is 23.6 Å². The molecule has 2 saturated heterocycles. The Labute approximate surface area is 253 Å². The van der Waals surface area contributed by atoms with Crippen LogP contribution in [0.25, 0.3) is 0 Å². The SMILES string of the molecule is O=C(O)CCN1C(=O)[C@H]2[C@H](CC=C3[C@H]2C[C@@]2(Cl)C(=O)N(c4ccc(F)cc4)C(=O)[C@@]2(Cl)[C@H]3c2cc(Cl)ccc2O)C1=O. The van der Waals surface area contributed by atoms with Gasteiger partial charge in [-0.15, -0.1) is 23.2 Å². The highest BCUT2D eigenvalue weighted by Gasteiger charge is 2.76. The Bertz CT molecular complexity index is 1610. The molecule has 4 amide bonds. The van der Waals surface area contributed by atoms with Gasteiger partial charge in [-0.1, -0.05) is 23.3 Å². The molecule has 3 fully saturated rings. The van der Waals surface area contributed by atoms with Crippen LogP contribution in [0.2, 0.25) is 5.02 Å². The first kappa shape index (κ1) is 28.6. The van der Waals surface area contributed by atoms with E-state index in [4.69, 9.17) is 39.9 Å². The highest BCUT2D eigenvalue weighted by molar-refractivity contribution is 6.58. The van der Waals surface area contributed by atoms with Crippen LogP contribution in [0.15, 0.2) is 54.1 Å². The van der Waals surface area contributed by atoms with Crippen molar-refractivity contribution in [1.29, 1.82) is 0 Å². The molecule has 2 aromatic carbocycles. The molecular weight excluding hydrogens is 614 g/mol. The summed E-state index contributed by atoms with van der Waals surface area (Å²) < 4.78 is 13.7. The number of aliphatic carboxylic acids is 1. The Kier molecular flexibility index (Phi) is 6.67. The molecule has 0 spiro atoms. The van der Waals surface area contributed by atoms with Crippen LogP contribution in [-0.2, 0) is 24.0 Å². The minimum atomic E-state index is -2.22. The van der Waals surface area contributed by atoms with Gasteiger partial charge in [-0.05, 0) is 61.2 Å². The predicted octanol–water partition coefficient (Wildman–Crippen LogP) is 4.22. The Hall–Kier alpha value is -3.47. The molecule has 0 aromatic heterocycles. The number of rotatable bonds is 5. The topological polar surface area (TPSA) is 132 Å². The molecule has 2 aromatic rings. The summed E-state index contributed by atoms with van der Waals surface area (Å²) in [5, 5.41) is 20.3. The molecule has 2 aliphatic carbocycles. The molecule has 218 valence electrons. The molecule has 2 heterocycles. The number of likely N-dealkylation sites (tertiary alicyclic amines) is 1. The van der Waals surface area contributed by atoms with Crippen LogP contribution in [0.3, 0.4) is 0 Å².